The third-order valence-electron chi connectivity index (χ3n) is 11.2. The molecule has 0 saturated heterocycles. The van der Waals surface area contributed by atoms with Crippen molar-refractivity contribution in [2.45, 2.75) is 0 Å². The van der Waals surface area contributed by atoms with Gasteiger partial charge in [-0.15, -0.1) is 0 Å². The van der Waals surface area contributed by atoms with E-state index in [0.717, 1.165) is 76.5 Å². The van der Waals surface area contributed by atoms with Gasteiger partial charge in [0.1, 0.15) is 5.65 Å². The monoisotopic (exact) mass is 720 g/mol. The fraction of sp³-hybridized carbons (Fsp3) is 0. The first kappa shape index (κ1) is 31.7. The van der Waals surface area contributed by atoms with E-state index < -0.39 is 7.14 Å². The minimum absolute atomic E-state index is 0.824. The molecule has 1 unspecified atom stereocenters. The summed E-state index contributed by atoms with van der Waals surface area (Å²) < 4.78 is 17.6. The van der Waals surface area contributed by atoms with Crippen LogP contribution in [0.15, 0.2) is 200 Å². The number of aromatic nitrogens is 2. The molecule has 0 fully saturated rings. The zero-order chi connectivity index (χ0) is 36.5. The van der Waals surface area contributed by atoms with Crippen LogP contribution in [0.5, 0.6) is 0 Å². The van der Waals surface area contributed by atoms with Crippen LogP contribution in [0.3, 0.4) is 0 Å². The quantitative estimate of drug-likeness (QED) is 0.101. The predicted molar refractivity (Wildman–Crippen MR) is 233 cm³/mol. The Hall–Kier alpha value is -6.80. The second-order valence-corrected chi connectivity index (χ2v) is 17.1. The molecule has 0 N–H and O–H groups in total. The van der Waals surface area contributed by atoms with E-state index in [1.54, 1.807) is 0 Å². The van der Waals surface area contributed by atoms with Crippen LogP contribution in [0, 0.1) is 0 Å². The molecule has 0 amide bonds. The smallest absolute Gasteiger partial charge is 0.171 e. The molecule has 0 aliphatic carbocycles. The van der Waals surface area contributed by atoms with E-state index >= 15 is 4.57 Å². The van der Waals surface area contributed by atoms with Crippen molar-refractivity contribution in [1.29, 1.82) is 0 Å². The van der Waals surface area contributed by atoms with Crippen LogP contribution in [0.2, 0.25) is 0 Å². The van der Waals surface area contributed by atoms with Crippen LogP contribution in [0.1, 0.15) is 0 Å². The molecule has 0 spiro atoms. The summed E-state index contributed by atoms with van der Waals surface area (Å²) in [6, 6.07) is 69.8. The molecule has 4 heteroatoms. The second kappa shape index (κ2) is 12.4. The van der Waals surface area contributed by atoms with Crippen molar-refractivity contribution in [3.63, 3.8) is 0 Å². The fourth-order valence-electron chi connectivity index (χ4n) is 8.40. The first-order valence-corrected chi connectivity index (χ1v) is 20.3. The van der Waals surface area contributed by atoms with Crippen molar-refractivity contribution in [2.24, 2.45) is 0 Å². The molecule has 11 aromatic rings. The summed E-state index contributed by atoms with van der Waals surface area (Å²) in [5, 5.41) is 10.7. The molecule has 9 aromatic carbocycles. The predicted octanol–water partition coefficient (Wildman–Crippen LogP) is 12.1. The van der Waals surface area contributed by atoms with Crippen molar-refractivity contribution in [3.8, 4) is 22.3 Å². The number of nitrogens with zero attached hydrogens (tertiary/aromatic N) is 2. The third kappa shape index (κ3) is 5.05. The largest absolute Gasteiger partial charge is 0.309 e. The van der Waals surface area contributed by atoms with E-state index in [0.29, 0.717) is 0 Å². The molecule has 0 radical (unpaired) electrons. The van der Waals surface area contributed by atoms with Crippen molar-refractivity contribution < 1.29 is 4.57 Å². The molecule has 0 saturated carbocycles. The molecule has 3 nitrogen and oxygen atoms in total. The van der Waals surface area contributed by atoms with Crippen molar-refractivity contribution in [3.05, 3.63) is 200 Å². The van der Waals surface area contributed by atoms with Gasteiger partial charge in [0.2, 0.25) is 0 Å². The maximum atomic E-state index is 15.3. The molecular formula is C51H33N2OP. The van der Waals surface area contributed by atoms with Crippen molar-refractivity contribution in [2.75, 3.05) is 0 Å². The highest BCUT2D eigenvalue weighted by molar-refractivity contribution is 7.85. The molecule has 55 heavy (non-hydrogen) atoms. The lowest BCUT2D eigenvalue weighted by molar-refractivity contribution is 0.592. The van der Waals surface area contributed by atoms with E-state index in [1.807, 2.05) is 60.7 Å². The van der Waals surface area contributed by atoms with Gasteiger partial charge in [-0.3, -0.25) is 4.40 Å². The van der Waals surface area contributed by atoms with Gasteiger partial charge >= 0.3 is 0 Å². The molecule has 2 aromatic heterocycles. The first-order chi connectivity index (χ1) is 27.1. The highest BCUT2D eigenvalue weighted by Crippen LogP contribution is 2.43. The summed E-state index contributed by atoms with van der Waals surface area (Å²) in [6.07, 6.45) is 0. The number of fused-ring (bicyclic) bond motifs is 10. The normalized spacial score (nSPS) is 12.9. The number of hydrogen-bond donors (Lipinski definition) is 0. The van der Waals surface area contributed by atoms with E-state index in [4.69, 9.17) is 4.98 Å². The Labute approximate surface area is 318 Å². The van der Waals surface area contributed by atoms with E-state index in [1.165, 1.54) is 21.5 Å². The standard InChI is InChI=1S/C51H33N2OP/c54-55(42-14-2-1-3-15-42,44-28-24-34-10-4-5-11-38(34)30-44)43-26-22-36(23-27-43)35-18-20-37(21-19-35)41-25-29-49-46(32-41)45-31-39-12-6-7-13-40(39)33-47(45)51-52-48-16-8-9-17-50(48)53(49)51/h1-33H. The summed E-state index contributed by atoms with van der Waals surface area (Å²) >= 11 is 0. The number of benzene rings is 9. The van der Waals surface area contributed by atoms with Gasteiger partial charge in [-0.25, -0.2) is 4.98 Å². The molecule has 0 aliphatic heterocycles. The highest BCUT2D eigenvalue weighted by atomic mass is 31.2. The summed E-state index contributed by atoms with van der Waals surface area (Å²) in [5.74, 6) is 0. The molecule has 2 heterocycles. The Morgan fingerprint density at radius 2 is 0.891 bits per heavy atom. The van der Waals surface area contributed by atoms with Gasteiger partial charge in [0.15, 0.2) is 7.14 Å². The maximum Gasteiger partial charge on any atom is 0.171 e. The Bertz CT molecular complexity index is 3330. The number of pyridine rings is 1. The summed E-state index contributed by atoms with van der Waals surface area (Å²) in [4.78, 5) is 5.13. The average Bonchev–Trinajstić information content (AvgIpc) is 3.66. The van der Waals surface area contributed by atoms with Crippen LogP contribution in [0.4, 0.5) is 0 Å². The molecule has 258 valence electrons. The van der Waals surface area contributed by atoms with E-state index in [-0.39, 0.29) is 0 Å². The fourth-order valence-corrected chi connectivity index (χ4v) is 11.1. The van der Waals surface area contributed by atoms with Crippen molar-refractivity contribution >= 4 is 83.0 Å². The van der Waals surface area contributed by atoms with Crippen LogP contribution in [-0.4, -0.2) is 9.38 Å². The first-order valence-electron chi connectivity index (χ1n) is 18.6. The van der Waals surface area contributed by atoms with Gasteiger partial charge in [0, 0.05) is 26.7 Å². The Balaban J connectivity index is 0.988. The van der Waals surface area contributed by atoms with Crippen LogP contribution in [0.25, 0.3) is 82.2 Å². The molecule has 11 rings (SSSR count). The van der Waals surface area contributed by atoms with E-state index in [2.05, 4.69) is 144 Å². The number of hydrogen-bond acceptors (Lipinski definition) is 2. The lowest BCUT2D eigenvalue weighted by Gasteiger charge is -2.21. The summed E-state index contributed by atoms with van der Waals surface area (Å²) in [6.45, 7) is 0. The van der Waals surface area contributed by atoms with Crippen LogP contribution < -0.4 is 15.9 Å². The van der Waals surface area contributed by atoms with Gasteiger partial charge in [-0.05, 0) is 91.6 Å². The molecule has 0 aliphatic rings. The van der Waals surface area contributed by atoms with Gasteiger partial charge < -0.3 is 4.57 Å². The number of para-hydroxylation sites is 2. The lowest BCUT2D eigenvalue weighted by atomic mass is 9.96. The van der Waals surface area contributed by atoms with Crippen LogP contribution >= 0.6 is 7.14 Å². The van der Waals surface area contributed by atoms with Crippen LogP contribution in [-0.2, 0) is 4.57 Å². The average molecular weight is 721 g/mol. The van der Waals surface area contributed by atoms with Gasteiger partial charge in [0.25, 0.3) is 0 Å². The topological polar surface area (TPSA) is 34.4 Å². The molecule has 0 bridgehead atoms. The molecular weight excluding hydrogens is 688 g/mol. The highest BCUT2D eigenvalue weighted by Gasteiger charge is 2.30. The minimum Gasteiger partial charge on any atom is -0.309 e. The van der Waals surface area contributed by atoms with Gasteiger partial charge in [0.05, 0.1) is 16.6 Å². The number of imidazole rings is 1. The second-order valence-electron chi connectivity index (χ2n) is 14.3. The Kier molecular flexibility index (Phi) is 7.14. The van der Waals surface area contributed by atoms with Gasteiger partial charge in [-0.2, -0.15) is 0 Å². The Morgan fingerprint density at radius 1 is 0.364 bits per heavy atom. The minimum atomic E-state index is -3.12. The Morgan fingerprint density at radius 3 is 1.62 bits per heavy atom. The zero-order valence-electron chi connectivity index (χ0n) is 29.8. The van der Waals surface area contributed by atoms with Gasteiger partial charge in [-0.1, -0.05) is 158 Å². The summed E-state index contributed by atoms with van der Waals surface area (Å²) in [7, 11) is -3.12. The summed E-state index contributed by atoms with van der Waals surface area (Å²) in [5.41, 5.74) is 8.73. The number of rotatable bonds is 5. The van der Waals surface area contributed by atoms with Crippen molar-refractivity contribution in [1.82, 2.24) is 9.38 Å². The maximum absolute atomic E-state index is 15.3. The van der Waals surface area contributed by atoms with E-state index in [9.17, 15) is 0 Å². The molecule has 1 atom stereocenters. The zero-order valence-corrected chi connectivity index (χ0v) is 30.7. The lowest BCUT2D eigenvalue weighted by Crippen LogP contribution is -2.25. The SMILES string of the molecule is O=P(c1ccccc1)(c1ccc(-c2ccc(-c3ccc4c(c3)c3cc5ccccc5cc3c3nc5ccccc5n43)cc2)cc1)c1ccc2ccccc2c1. The third-order valence-corrected chi connectivity index (χ3v) is 14.3.